The van der Waals surface area contributed by atoms with Crippen LogP contribution in [0.25, 0.3) is 0 Å². The Morgan fingerprint density at radius 2 is 1.96 bits per heavy atom. The van der Waals surface area contributed by atoms with Gasteiger partial charge < -0.3 is 19.7 Å². The van der Waals surface area contributed by atoms with Crippen molar-refractivity contribution < 1.29 is 28.7 Å². The molecule has 2 fully saturated rings. The molecule has 3 unspecified atom stereocenters. The number of methoxy groups -OCH3 is 1. The van der Waals surface area contributed by atoms with Crippen molar-refractivity contribution >= 4 is 35.5 Å². The fraction of sp³-hybridized carbons (Fsp3) is 0.474. The minimum absolute atomic E-state index is 0.160. The van der Waals surface area contributed by atoms with E-state index in [-0.39, 0.29) is 12.3 Å². The zero-order valence-electron chi connectivity index (χ0n) is 15.8. The first-order valence-electron chi connectivity index (χ1n) is 8.81. The summed E-state index contributed by atoms with van der Waals surface area (Å²) in [7, 11) is 1.22. The van der Waals surface area contributed by atoms with E-state index in [1.807, 2.05) is 30.3 Å². The summed E-state index contributed by atoms with van der Waals surface area (Å²) in [5, 5.41) is 2.33. The molecule has 2 heterocycles. The molecule has 0 radical (unpaired) electrons. The van der Waals surface area contributed by atoms with Crippen molar-refractivity contribution in [1.29, 1.82) is 0 Å². The van der Waals surface area contributed by atoms with Crippen molar-refractivity contribution in [1.82, 2.24) is 10.2 Å². The highest BCUT2D eigenvalue weighted by atomic mass is 32.2. The van der Waals surface area contributed by atoms with Crippen molar-refractivity contribution in [3.63, 3.8) is 0 Å². The summed E-state index contributed by atoms with van der Waals surface area (Å²) in [4.78, 5) is 50.3. The van der Waals surface area contributed by atoms with Crippen molar-refractivity contribution in [3.8, 4) is 0 Å². The van der Waals surface area contributed by atoms with Gasteiger partial charge in [-0.2, -0.15) is 0 Å². The molecule has 0 saturated carbocycles. The highest BCUT2D eigenvalue weighted by molar-refractivity contribution is 8.00. The first kappa shape index (κ1) is 20.2. The molecule has 2 saturated heterocycles. The number of β-lactam (4-membered cyclic amide) rings is 1. The van der Waals surface area contributed by atoms with E-state index in [0.717, 1.165) is 5.56 Å². The molecule has 0 spiro atoms. The average molecular weight is 406 g/mol. The smallest absolute Gasteiger partial charge is 0.332 e. The molecule has 9 heteroatoms. The Balaban J connectivity index is 1.72. The van der Waals surface area contributed by atoms with Gasteiger partial charge in [0.2, 0.25) is 11.8 Å². The van der Waals surface area contributed by atoms with Gasteiger partial charge in [-0.3, -0.25) is 14.4 Å². The number of hydrogen-bond donors (Lipinski definition) is 1. The number of benzene rings is 1. The lowest BCUT2D eigenvalue weighted by molar-refractivity contribution is -0.185. The number of nitrogens with zero attached hydrogens (tertiary/aromatic N) is 1. The van der Waals surface area contributed by atoms with Gasteiger partial charge in [-0.05, 0) is 12.5 Å². The van der Waals surface area contributed by atoms with E-state index >= 15 is 0 Å². The topological polar surface area (TPSA) is 102 Å². The first-order chi connectivity index (χ1) is 13.3. The van der Waals surface area contributed by atoms with Crippen LogP contribution >= 0.6 is 11.8 Å². The third-order valence-corrected chi connectivity index (χ3v) is 6.38. The molecule has 4 atom stereocenters. The van der Waals surface area contributed by atoms with Crippen LogP contribution in [0.5, 0.6) is 0 Å². The number of amides is 2. The van der Waals surface area contributed by atoms with Crippen LogP contribution in [-0.4, -0.2) is 64.6 Å². The molecule has 1 aromatic carbocycles. The van der Waals surface area contributed by atoms with Gasteiger partial charge in [0.15, 0.2) is 6.04 Å². The van der Waals surface area contributed by atoms with Crippen LogP contribution in [0.4, 0.5) is 0 Å². The summed E-state index contributed by atoms with van der Waals surface area (Å²) in [6, 6.07) is 7.43. The molecule has 2 aliphatic rings. The number of hydrogen-bond acceptors (Lipinski definition) is 7. The van der Waals surface area contributed by atoms with Crippen molar-refractivity contribution in [2.24, 2.45) is 0 Å². The average Bonchev–Trinajstić information content (AvgIpc) is 2.65. The number of ether oxygens (including phenoxy) is 2. The number of nitrogens with one attached hydrogen (secondary N) is 1. The Morgan fingerprint density at radius 1 is 1.29 bits per heavy atom. The number of thioether (sulfide) groups is 1. The minimum atomic E-state index is -1.20. The summed E-state index contributed by atoms with van der Waals surface area (Å²) >= 11 is 1.36. The van der Waals surface area contributed by atoms with E-state index in [4.69, 9.17) is 9.47 Å². The van der Waals surface area contributed by atoms with Gasteiger partial charge in [0.1, 0.15) is 17.0 Å². The fourth-order valence-electron chi connectivity index (χ4n) is 3.59. The highest BCUT2D eigenvalue weighted by Gasteiger charge is 2.63. The van der Waals surface area contributed by atoms with Crippen LogP contribution < -0.4 is 5.32 Å². The normalized spacial score (nSPS) is 28.6. The predicted octanol–water partition coefficient (Wildman–Crippen LogP) is 0.492. The summed E-state index contributed by atoms with van der Waals surface area (Å²) < 4.78 is 10.2. The molecule has 2 aliphatic heterocycles. The molecule has 0 aliphatic carbocycles. The summed E-state index contributed by atoms with van der Waals surface area (Å²) in [5.74, 6) is -1.57. The van der Waals surface area contributed by atoms with Crippen molar-refractivity contribution in [3.05, 3.63) is 35.9 Å². The van der Waals surface area contributed by atoms with Gasteiger partial charge in [0.25, 0.3) is 0 Å². The number of rotatable bonds is 5. The maximum atomic E-state index is 12.7. The van der Waals surface area contributed by atoms with Crippen molar-refractivity contribution in [2.75, 3.05) is 12.9 Å². The molecule has 1 aromatic rings. The Hall–Kier alpha value is -2.55. The molecule has 2 amide bonds. The SMILES string of the molecule is COC(=O)C1N2C(=O)C(NC(=O)Cc3ccccc3)[C@@H]2SCC1(C)OC(C)=O. The zero-order chi connectivity index (χ0) is 20.5. The molecular weight excluding hydrogens is 384 g/mol. The molecule has 0 bridgehead atoms. The summed E-state index contributed by atoms with van der Waals surface area (Å²) in [6.07, 6.45) is 0.160. The van der Waals surface area contributed by atoms with Gasteiger partial charge >= 0.3 is 11.9 Å². The maximum absolute atomic E-state index is 12.7. The highest BCUT2D eigenvalue weighted by Crippen LogP contribution is 2.44. The molecule has 28 heavy (non-hydrogen) atoms. The Morgan fingerprint density at radius 3 is 2.57 bits per heavy atom. The molecule has 8 nitrogen and oxygen atoms in total. The quantitative estimate of drug-likeness (QED) is 0.561. The molecular formula is C19H22N2O6S. The minimum Gasteiger partial charge on any atom is -0.467 e. The largest absolute Gasteiger partial charge is 0.467 e. The number of fused-ring (bicyclic) bond motifs is 1. The zero-order valence-corrected chi connectivity index (χ0v) is 16.7. The van der Waals surface area contributed by atoms with E-state index < -0.39 is 40.9 Å². The van der Waals surface area contributed by atoms with Gasteiger partial charge in [-0.15, -0.1) is 11.8 Å². The first-order valence-corrected chi connectivity index (χ1v) is 9.86. The Bertz CT molecular complexity index is 801. The second-order valence-corrected chi connectivity index (χ2v) is 8.09. The van der Waals surface area contributed by atoms with Crippen molar-refractivity contribution in [2.45, 2.75) is 43.3 Å². The summed E-state index contributed by atoms with van der Waals surface area (Å²) in [6.45, 7) is 2.86. The number of carbonyl (C=O) groups excluding carboxylic acids is 4. The Kier molecular flexibility index (Phi) is 5.64. The van der Waals surface area contributed by atoms with Crippen LogP contribution in [0.1, 0.15) is 19.4 Å². The lowest BCUT2D eigenvalue weighted by atomic mass is 9.90. The number of esters is 2. The second-order valence-electron chi connectivity index (χ2n) is 6.99. The second kappa shape index (κ2) is 7.83. The van der Waals surface area contributed by atoms with Gasteiger partial charge in [-0.1, -0.05) is 30.3 Å². The van der Waals surface area contributed by atoms with Gasteiger partial charge in [-0.25, -0.2) is 4.79 Å². The Labute approximate surface area is 166 Å². The van der Waals surface area contributed by atoms with Gasteiger partial charge in [0.05, 0.1) is 13.5 Å². The maximum Gasteiger partial charge on any atom is 0.332 e. The lowest BCUT2D eigenvalue weighted by Crippen LogP contribution is -2.79. The molecule has 1 N–H and O–H groups in total. The monoisotopic (exact) mass is 406 g/mol. The van der Waals surface area contributed by atoms with E-state index in [0.29, 0.717) is 5.75 Å². The van der Waals surface area contributed by atoms with Crippen LogP contribution in [0.3, 0.4) is 0 Å². The lowest BCUT2D eigenvalue weighted by Gasteiger charge is -2.56. The summed E-state index contributed by atoms with van der Waals surface area (Å²) in [5.41, 5.74) is -0.357. The van der Waals surface area contributed by atoms with E-state index in [1.165, 1.54) is 30.7 Å². The van der Waals surface area contributed by atoms with E-state index in [2.05, 4.69) is 5.32 Å². The standard InChI is InChI=1S/C19H22N2O6S/c1-11(22)27-19(2)10-28-17-14(16(24)21(17)15(19)18(25)26-3)20-13(23)9-12-7-5-4-6-8-12/h4-8,14-15,17H,9-10H2,1-3H3,(H,20,23)/t14?,15?,17-,19?/m0/s1. The molecule has 0 aromatic heterocycles. The van der Waals surface area contributed by atoms with E-state index in [9.17, 15) is 19.2 Å². The number of carbonyl (C=O) groups is 4. The molecule has 3 rings (SSSR count). The van der Waals surface area contributed by atoms with E-state index in [1.54, 1.807) is 6.92 Å². The van der Waals surface area contributed by atoms with Crippen LogP contribution in [0, 0.1) is 0 Å². The van der Waals surface area contributed by atoms with Crippen LogP contribution in [0.2, 0.25) is 0 Å². The molecule has 150 valence electrons. The van der Waals surface area contributed by atoms with Gasteiger partial charge in [0, 0.05) is 12.7 Å². The fourth-order valence-corrected chi connectivity index (χ4v) is 5.07. The third-order valence-electron chi connectivity index (χ3n) is 4.80. The van der Waals surface area contributed by atoms with Crippen LogP contribution in [-0.2, 0) is 35.1 Å². The van der Waals surface area contributed by atoms with Crippen LogP contribution in [0.15, 0.2) is 30.3 Å². The third kappa shape index (κ3) is 3.71. The predicted molar refractivity (Wildman–Crippen MR) is 101 cm³/mol.